The molecule has 5 nitrogen and oxygen atoms in total. The SMILES string of the molecule is CC(N)Cc1ncc(-c2cnn(-c3ccccc3)c2)[nH]1. The van der Waals surface area contributed by atoms with E-state index in [2.05, 4.69) is 15.1 Å². The van der Waals surface area contributed by atoms with E-state index in [0.717, 1.165) is 29.2 Å². The molecule has 102 valence electrons. The molecule has 1 atom stereocenters. The van der Waals surface area contributed by atoms with Crippen molar-refractivity contribution in [3.63, 3.8) is 0 Å². The molecule has 2 heterocycles. The minimum Gasteiger partial charge on any atom is -0.342 e. The van der Waals surface area contributed by atoms with Crippen molar-refractivity contribution in [2.45, 2.75) is 19.4 Å². The fraction of sp³-hybridized carbons (Fsp3) is 0.200. The van der Waals surface area contributed by atoms with E-state index in [-0.39, 0.29) is 6.04 Å². The molecule has 3 aromatic rings. The first-order valence-corrected chi connectivity index (χ1v) is 6.62. The molecule has 0 saturated heterocycles. The molecule has 0 bridgehead atoms. The number of hydrogen-bond acceptors (Lipinski definition) is 3. The highest BCUT2D eigenvalue weighted by Crippen LogP contribution is 2.18. The predicted octanol–water partition coefficient (Wildman–Crippen LogP) is 2.15. The van der Waals surface area contributed by atoms with Crippen LogP contribution in [0.25, 0.3) is 16.9 Å². The van der Waals surface area contributed by atoms with Gasteiger partial charge in [0.25, 0.3) is 0 Å². The van der Waals surface area contributed by atoms with Crippen molar-refractivity contribution in [3.05, 3.63) is 54.7 Å². The third kappa shape index (κ3) is 2.62. The summed E-state index contributed by atoms with van der Waals surface area (Å²) < 4.78 is 1.85. The number of benzene rings is 1. The van der Waals surface area contributed by atoms with Gasteiger partial charge >= 0.3 is 0 Å². The smallest absolute Gasteiger partial charge is 0.108 e. The number of para-hydroxylation sites is 1. The molecule has 0 aliphatic carbocycles. The van der Waals surface area contributed by atoms with Crippen molar-refractivity contribution in [2.75, 3.05) is 0 Å². The number of rotatable bonds is 4. The van der Waals surface area contributed by atoms with Crippen LogP contribution in [0.1, 0.15) is 12.7 Å². The Labute approximate surface area is 117 Å². The standard InChI is InChI=1S/C15H17N5/c1-11(16)7-15-17-9-14(19-15)12-8-18-20(10-12)13-5-3-2-4-6-13/h2-6,8-11H,7,16H2,1H3,(H,17,19). The van der Waals surface area contributed by atoms with E-state index in [1.54, 1.807) is 0 Å². The van der Waals surface area contributed by atoms with Gasteiger partial charge in [-0.15, -0.1) is 0 Å². The number of aromatic nitrogens is 4. The van der Waals surface area contributed by atoms with Crippen LogP contribution in [0.15, 0.2) is 48.9 Å². The zero-order chi connectivity index (χ0) is 13.9. The molecule has 1 aromatic carbocycles. The molecule has 20 heavy (non-hydrogen) atoms. The second-order valence-corrected chi connectivity index (χ2v) is 4.93. The van der Waals surface area contributed by atoms with Gasteiger partial charge in [0.1, 0.15) is 5.82 Å². The Hall–Kier alpha value is -2.40. The lowest BCUT2D eigenvalue weighted by molar-refractivity contribution is 0.710. The zero-order valence-electron chi connectivity index (χ0n) is 11.3. The summed E-state index contributed by atoms with van der Waals surface area (Å²) in [4.78, 5) is 7.62. The maximum Gasteiger partial charge on any atom is 0.108 e. The molecule has 3 N–H and O–H groups in total. The molecular formula is C15H17N5. The second-order valence-electron chi connectivity index (χ2n) is 4.93. The Balaban J connectivity index is 1.85. The van der Waals surface area contributed by atoms with Crippen LogP contribution in [-0.2, 0) is 6.42 Å². The van der Waals surface area contributed by atoms with Gasteiger partial charge in [-0.25, -0.2) is 9.67 Å². The van der Waals surface area contributed by atoms with Gasteiger partial charge in [-0.05, 0) is 19.1 Å². The Bertz CT molecular complexity index is 681. The van der Waals surface area contributed by atoms with E-state index >= 15 is 0 Å². The molecular weight excluding hydrogens is 250 g/mol. The molecule has 0 aliphatic rings. The molecule has 5 heteroatoms. The van der Waals surface area contributed by atoms with Gasteiger partial charge in [-0.3, -0.25) is 0 Å². The molecule has 0 fully saturated rings. The van der Waals surface area contributed by atoms with E-state index in [4.69, 9.17) is 5.73 Å². The normalized spacial score (nSPS) is 12.5. The number of nitrogens with zero attached hydrogens (tertiary/aromatic N) is 3. The van der Waals surface area contributed by atoms with Crippen molar-refractivity contribution in [1.82, 2.24) is 19.7 Å². The summed E-state index contributed by atoms with van der Waals surface area (Å²) in [6.45, 7) is 1.97. The summed E-state index contributed by atoms with van der Waals surface area (Å²) >= 11 is 0. The van der Waals surface area contributed by atoms with Crippen LogP contribution < -0.4 is 5.73 Å². The van der Waals surface area contributed by atoms with E-state index in [1.807, 2.05) is 60.5 Å². The number of aromatic amines is 1. The molecule has 0 radical (unpaired) electrons. The van der Waals surface area contributed by atoms with Crippen LogP contribution in [0.3, 0.4) is 0 Å². The van der Waals surface area contributed by atoms with Crippen LogP contribution in [0.4, 0.5) is 0 Å². The third-order valence-electron chi connectivity index (χ3n) is 3.06. The average molecular weight is 267 g/mol. The molecule has 0 aliphatic heterocycles. The van der Waals surface area contributed by atoms with Gasteiger partial charge in [0, 0.05) is 24.2 Å². The summed E-state index contributed by atoms with van der Waals surface area (Å²) in [5.41, 5.74) is 8.78. The maximum absolute atomic E-state index is 5.78. The summed E-state index contributed by atoms with van der Waals surface area (Å²) in [6, 6.07) is 10.1. The van der Waals surface area contributed by atoms with Crippen LogP contribution in [0.5, 0.6) is 0 Å². The van der Waals surface area contributed by atoms with Crippen molar-refractivity contribution >= 4 is 0 Å². The van der Waals surface area contributed by atoms with Crippen molar-refractivity contribution in [3.8, 4) is 16.9 Å². The van der Waals surface area contributed by atoms with Gasteiger partial charge in [-0.2, -0.15) is 5.10 Å². The first-order valence-electron chi connectivity index (χ1n) is 6.62. The number of imidazole rings is 1. The molecule has 3 rings (SSSR count). The van der Waals surface area contributed by atoms with Gasteiger partial charge in [0.15, 0.2) is 0 Å². The quantitative estimate of drug-likeness (QED) is 0.760. The lowest BCUT2D eigenvalue weighted by atomic mass is 10.2. The van der Waals surface area contributed by atoms with Gasteiger partial charge < -0.3 is 10.7 Å². The number of hydrogen-bond donors (Lipinski definition) is 2. The summed E-state index contributed by atoms with van der Waals surface area (Å²) in [6.07, 6.45) is 6.38. The van der Waals surface area contributed by atoms with E-state index < -0.39 is 0 Å². The Morgan fingerprint density at radius 2 is 2.05 bits per heavy atom. The van der Waals surface area contributed by atoms with Crippen molar-refractivity contribution in [2.24, 2.45) is 5.73 Å². The largest absolute Gasteiger partial charge is 0.342 e. The monoisotopic (exact) mass is 267 g/mol. The van der Waals surface area contributed by atoms with E-state index in [0.29, 0.717) is 0 Å². The highest BCUT2D eigenvalue weighted by molar-refractivity contribution is 5.57. The average Bonchev–Trinajstić information content (AvgIpc) is 3.07. The zero-order valence-corrected chi connectivity index (χ0v) is 11.3. The van der Waals surface area contributed by atoms with Crippen LogP contribution in [0.2, 0.25) is 0 Å². The summed E-state index contributed by atoms with van der Waals surface area (Å²) in [7, 11) is 0. The predicted molar refractivity (Wildman–Crippen MR) is 78.5 cm³/mol. The molecule has 0 saturated carbocycles. The van der Waals surface area contributed by atoms with Gasteiger partial charge in [0.2, 0.25) is 0 Å². The minimum atomic E-state index is 0.0982. The fourth-order valence-corrected chi connectivity index (χ4v) is 2.10. The highest BCUT2D eigenvalue weighted by Gasteiger charge is 2.07. The minimum absolute atomic E-state index is 0.0982. The van der Waals surface area contributed by atoms with E-state index in [1.165, 1.54) is 0 Å². The van der Waals surface area contributed by atoms with Crippen LogP contribution in [0, 0.1) is 0 Å². The van der Waals surface area contributed by atoms with Gasteiger partial charge in [-0.1, -0.05) is 18.2 Å². The Kier molecular flexibility index (Phi) is 3.35. The molecule has 0 spiro atoms. The molecule has 0 amide bonds. The lowest BCUT2D eigenvalue weighted by Crippen LogP contribution is -2.18. The first kappa shape index (κ1) is 12.6. The summed E-state index contributed by atoms with van der Waals surface area (Å²) in [5.74, 6) is 0.905. The molecule has 1 unspecified atom stereocenters. The first-order chi connectivity index (χ1) is 9.72. The number of H-pyrrole nitrogens is 1. The van der Waals surface area contributed by atoms with Crippen LogP contribution >= 0.6 is 0 Å². The van der Waals surface area contributed by atoms with Crippen LogP contribution in [-0.4, -0.2) is 25.8 Å². The Morgan fingerprint density at radius 3 is 2.80 bits per heavy atom. The fourth-order valence-electron chi connectivity index (χ4n) is 2.10. The second kappa shape index (κ2) is 5.30. The van der Waals surface area contributed by atoms with E-state index in [9.17, 15) is 0 Å². The maximum atomic E-state index is 5.78. The highest BCUT2D eigenvalue weighted by atomic mass is 15.3. The third-order valence-corrected chi connectivity index (χ3v) is 3.06. The Morgan fingerprint density at radius 1 is 1.25 bits per heavy atom. The van der Waals surface area contributed by atoms with Crippen molar-refractivity contribution < 1.29 is 0 Å². The lowest BCUT2D eigenvalue weighted by Gasteiger charge is -2.00. The van der Waals surface area contributed by atoms with Gasteiger partial charge in [0.05, 0.1) is 23.8 Å². The summed E-state index contributed by atoms with van der Waals surface area (Å²) in [5, 5.41) is 4.38. The molecule has 2 aromatic heterocycles. The topological polar surface area (TPSA) is 72.5 Å². The number of nitrogens with one attached hydrogen (secondary N) is 1. The van der Waals surface area contributed by atoms with Crippen molar-refractivity contribution in [1.29, 1.82) is 0 Å². The number of nitrogens with two attached hydrogens (primary N) is 1.